The molecule has 5 heteroatoms. The Morgan fingerprint density at radius 2 is 1.52 bits per heavy atom. The second kappa shape index (κ2) is 6.06. The summed E-state index contributed by atoms with van der Waals surface area (Å²) in [5.74, 6) is 1.40. The first-order chi connectivity index (χ1) is 13.0. The van der Waals surface area contributed by atoms with Gasteiger partial charge in [0.25, 0.3) is 0 Å². The number of ether oxygens (including phenoxy) is 1. The molecule has 2 fully saturated rings. The average Bonchev–Trinajstić information content (AvgIpc) is 3.29. The van der Waals surface area contributed by atoms with E-state index in [1.807, 2.05) is 24.3 Å². The van der Waals surface area contributed by atoms with Crippen LogP contribution in [0.4, 0.5) is 5.69 Å². The number of rotatable bonds is 3. The largest absolute Gasteiger partial charge is 0.457 e. The molecule has 136 valence electrons. The minimum atomic E-state index is -0.176. The van der Waals surface area contributed by atoms with Crippen LogP contribution in [0.5, 0.6) is 11.5 Å². The smallest absolute Gasteiger partial charge is 0.238 e. The number of hydrogen-bond acceptors (Lipinski definition) is 3. The van der Waals surface area contributed by atoms with E-state index in [4.69, 9.17) is 4.74 Å². The summed E-state index contributed by atoms with van der Waals surface area (Å²) in [7, 11) is 0. The van der Waals surface area contributed by atoms with Crippen LogP contribution in [-0.2, 0) is 9.59 Å². The number of carbonyl (C=O) groups excluding carboxylic acids is 2. The number of carbonyl (C=O) groups is 2. The SMILES string of the molecule is CC1=C[C@H]2C[C@H]1[C@H]1C(=O)N(c3ccc(Oc4ccc(Br)cc4)cc3)C(=O)[C@H]12. The summed E-state index contributed by atoms with van der Waals surface area (Å²) in [5.41, 5.74) is 1.89. The molecule has 2 amide bonds. The molecule has 2 aromatic carbocycles. The van der Waals surface area contributed by atoms with E-state index in [1.165, 1.54) is 10.5 Å². The summed E-state index contributed by atoms with van der Waals surface area (Å²) in [6, 6.07) is 14.7. The lowest BCUT2D eigenvalue weighted by molar-refractivity contribution is -0.123. The van der Waals surface area contributed by atoms with Crippen molar-refractivity contribution in [2.75, 3.05) is 4.90 Å². The van der Waals surface area contributed by atoms with Crippen molar-refractivity contribution in [2.45, 2.75) is 13.3 Å². The molecule has 2 bridgehead atoms. The Morgan fingerprint density at radius 1 is 0.926 bits per heavy atom. The zero-order valence-electron chi connectivity index (χ0n) is 14.8. The van der Waals surface area contributed by atoms with E-state index in [2.05, 4.69) is 28.9 Å². The van der Waals surface area contributed by atoms with Crippen LogP contribution in [0.25, 0.3) is 0 Å². The number of fused-ring (bicyclic) bond motifs is 5. The van der Waals surface area contributed by atoms with Crippen LogP contribution >= 0.6 is 15.9 Å². The van der Waals surface area contributed by atoms with Crippen molar-refractivity contribution in [3.63, 3.8) is 0 Å². The third-order valence-electron chi connectivity index (χ3n) is 6.02. The number of amides is 2. The third-order valence-corrected chi connectivity index (χ3v) is 6.55. The fourth-order valence-electron chi connectivity index (χ4n) is 4.83. The van der Waals surface area contributed by atoms with Crippen molar-refractivity contribution < 1.29 is 14.3 Å². The number of halogens is 1. The van der Waals surface area contributed by atoms with Gasteiger partial charge in [0.05, 0.1) is 17.5 Å². The van der Waals surface area contributed by atoms with Crippen molar-refractivity contribution in [3.05, 3.63) is 64.7 Å². The Hall–Kier alpha value is -2.40. The molecule has 0 radical (unpaired) electrons. The quantitative estimate of drug-likeness (QED) is 0.518. The van der Waals surface area contributed by atoms with Crippen LogP contribution in [0.1, 0.15) is 13.3 Å². The van der Waals surface area contributed by atoms with E-state index < -0.39 is 0 Å². The van der Waals surface area contributed by atoms with Gasteiger partial charge in [-0.1, -0.05) is 27.6 Å². The van der Waals surface area contributed by atoms with E-state index in [-0.39, 0.29) is 35.5 Å². The van der Waals surface area contributed by atoms with Gasteiger partial charge in [0.2, 0.25) is 11.8 Å². The van der Waals surface area contributed by atoms with Gasteiger partial charge in [0.15, 0.2) is 0 Å². The highest BCUT2D eigenvalue weighted by molar-refractivity contribution is 9.10. The fourth-order valence-corrected chi connectivity index (χ4v) is 5.10. The van der Waals surface area contributed by atoms with Crippen LogP contribution in [0.15, 0.2) is 64.7 Å². The first-order valence-corrected chi connectivity index (χ1v) is 9.92. The van der Waals surface area contributed by atoms with Crippen LogP contribution in [0.2, 0.25) is 0 Å². The van der Waals surface area contributed by atoms with Gasteiger partial charge < -0.3 is 4.74 Å². The van der Waals surface area contributed by atoms with Crippen molar-refractivity contribution in [3.8, 4) is 11.5 Å². The van der Waals surface area contributed by atoms with Gasteiger partial charge in [-0.3, -0.25) is 14.5 Å². The van der Waals surface area contributed by atoms with Gasteiger partial charge in [0.1, 0.15) is 11.5 Å². The van der Waals surface area contributed by atoms with Crippen LogP contribution in [-0.4, -0.2) is 11.8 Å². The molecule has 1 heterocycles. The lowest BCUT2D eigenvalue weighted by Gasteiger charge is -2.19. The summed E-state index contributed by atoms with van der Waals surface area (Å²) in [4.78, 5) is 27.3. The highest BCUT2D eigenvalue weighted by atomic mass is 79.9. The van der Waals surface area contributed by atoms with Crippen LogP contribution < -0.4 is 9.64 Å². The van der Waals surface area contributed by atoms with E-state index in [0.29, 0.717) is 11.4 Å². The Bertz CT molecular complexity index is 964. The summed E-state index contributed by atoms with van der Waals surface area (Å²) >= 11 is 3.40. The molecule has 5 rings (SSSR count). The third kappa shape index (κ3) is 2.56. The van der Waals surface area contributed by atoms with E-state index >= 15 is 0 Å². The van der Waals surface area contributed by atoms with Gasteiger partial charge in [-0.05, 0) is 73.7 Å². The molecule has 4 nitrogen and oxygen atoms in total. The number of allylic oxidation sites excluding steroid dienone is 2. The number of nitrogens with zero attached hydrogens (tertiary/aromatic N) is 1. The topological polar surface area (TPSA) is 46.6 Å². The second-order valence-corrected chi connectivity index (χ2v) is 8.45. The molecule has 27 heavy (non-hydrogen) atoms. The first kappa shape index (κ1) is 16.8. The fraction of sp³-hybridized carbons (Fsp3) is 0.273. The number of imide groups is 1. The number of benzene rings is 2. The average molecular weight is 424 g/mol. The Balaban J connectivity index is 1.37. The molecule has 0 spiro atoms. The van der Waals surface area contributed by atoms with Crippen LogP contribution in [0.3, 0.4) is 0 Å². The molecule has 0 N–H and O–H groups in total. The van der Waals surface area contributed by atoms with Crippen molar-refractivity contribution in [1.29, 1.82) is 0 Å². The lowest BCUT2D eigenvalue weighted by Crippen LogP contribution is -2.32. The molecule has 2 aliphatic carbocycles. The van der Waals surface area contributed by atoms with E-state index in [1.54, 1.807) is 24.3 Å². The molecule has 0 aromatic heterocycles. The standard InChI is InChI=1S/C22H18BrNO3/c1-12-10-13-11-18(12)20-19(13)21(25)24(22(20)26)15-4-8-17(9-5-15)27-16-6-2-14(23)3-7-16/h2-10,13,18-20H,11H2,1H3/t13-,18+,19-,20+/m0/s1. The Morgan fingerprint density at radius 3 is 2.19 bits per heavy atom. The van der Waals surface area contributed by atoms with Crippen molar-refractivity contribution in [1.82, 2.24) is 0 Å². The van der Waals surface area contributed by atoms with Crippen LogP contribution in [0, 0.1) is 23.7 Å². The van der Waals surface area contributed by atoms with Gasteiger partial charge in [0, 0.05) is 4.47 Å². The second-order valence-electron chi connectivity index (χ2n) is 7.53. The molecular weight excluding hydrogens is 406 g/mol. The number of anilines is 1. The monoisotopic (exact) mass is 423 g/mol. The minimum Gasteiger partial charge on any atom is -0.457 e. The molecule has 4 atom stereocenters. The van der Waals surface area contributed by atoms with Crippen molar-refractivity contribution in [2.24, 2.45) is 23.7 Å². The first-order valence-electron chi connectivity index (χ1n) is 9.12. The zero-order valence-corrected chi connectivity index (χ0v) is 16.3. The van der Waals surface area contributed by atoms with Gasteiger partial charge in [-0.15, -0.1) is 0 Å². The minimum absolute atomic E-state index is 0.0495. The van der Waals surface area contributed by atoms with Gasteiger partial charge in [-0.2, -0.15) is 0 Å². The predicted octanol–water partition coefficient (Wildman–Crippen LogP) is 4.94. The Labute approximate surface area is 165 Å². The maximum Gasteiger partial charge on any atom is 0.238 e. The molecule has 3 aliphatic rings. The molecule has 1 saturated carbocycles. The summed E-state index contributed by atoms with van der Waals surface area (Å²) in [6.07, 6.45) is 3.14. The normalized spacial score (nSPS) is 28.5. The maximum absolute atomic E-state index is 13.0. The maximum atomic E-state index is 13.0. The van der Waals surface area contributed by atoms with E-state index in [9.17, 15) is 9.59 Å². The molecule has 0 unspecified atom stereocenters. The number of hydrogen-bond donors (Lipinski definition) is 0. The zero-order chi connectivity index (χ0) is 18.7. The van der Waals surface area contributed by atoms with Gasteiger partial charge in [-0.25, -0.2) is 0 Å². The Kier molecular flexibility index (Phi) is 3.76. The highest BCUT2D eigenvalue weighted by Crippen LogP contribution is 2.55. The van der Waals surface area contributed by atoms with Gasteiger partial charge >= 0.3 is 0 Å². The van der Waals surface area contributed by atoms with Crippen molar-refractivity contribution >= 4 is 33.4 Å². The summed E-state index contributed by atoms with van der Waals surface area (Å²) in [6.45, 7) is 2.08. The molecule has 1 saturated heterocycles. The van der Waals surface area contributed by atoms with E-state index in [0.717, 1.165) is 16.6 Å². The molecular formula is C22H18BrNO3. The lowest BCUT2D eigenvalue weighted by atomic mass is 9.82. The predicted molar refractivity (Wildman–Crippen MR) is 105 cm³/mol. The summed E-state index contributed by atoms with van der Waals surface area (Å²) in [5, 5.41) is 0. The molecule has 2 aromatic rings. The highest BCUT2D eigenvalue weighted by Gasteiger charge is 2.60. The molecule has 1 aliphatic heterocycles. The summed E-state index contributed by atoms with van der Waals surface area (Å²) < 4.78 is 6.81.